The van der Waals surface area contributed by atoms with Crippen molar-refractivity contribution in [2.24, 2.45) is 0 Å². The number of ether oxygens (including phenoxy) is 1. The summed E-state index contributed by atoms with van der Waals surface area (Å²) in [6, 6.07) is 6.03. The number of methoxy groups -OCH3 is 1. The number of halogens is 1. The Kier molecular flexibility index (Phi) is 3.31. The van der Waals surface area contributed by atoms with Gasteiger partial charge in [-0.1, -0.05) is 12.8 Å². The van der Waals surface area contributed by atoms with E-state index in [9.17, 15) is 9.18 Å². The molecule has 1 aromatic carbocycles. The molecule has 1 N–H and O–H groups in total. The van der Waals surface area contributed by atoms with Crippen molar-refractivity contribution >= 4 is 11.7 Å². The van der Waals surface area contributed by atoms with Gasteiger partial charge in [-0.15, -0.1) is 0 Å². The van der Waals surface area contributed by atoms with Crippen LogP contribution in [0, 0.1) is 5.82 Å². The number of rotatable bonds is 3. The highest BCUT2D eigenvalue weighted by molar-refractivity contribution is 5.84. The van der Waals surface area contributed by atoms with Crippen LogP contribution in [0.1, 0.15) is 25.7 Å². The summed E-state index contributed by atoms with van der Waals surface area (Å²) in [5.74, 6) is -0.520. The Labute approximate surface area is 100.0 Å². The van der Waals surface area contributed by atoms with Gasteiger partial charge in [0.1, 0.15) is 11.4 Å². The van der Waals surface area contributed by atoms with Crippen LogP contribution in [0.15, 0.2) is 24.3 Å². The minimum atomic E-state index is -0.632. The van der Waals surface area contributed by atoms with E-state index in [0.29, 0.717) is 0 Å². The van der Waals surface area contributed by atoms with E-state index >= 15 is 0 Å². The Morgan fingerprint density at radius 3 is 2.41 bits per heavy atom. The SMILES string of the molecule is COC(=O)C1(Nc2ccc(F)cc2)CCCC1. The van der Waals surface area contributed by atoms with Crippen LogP contribution in [0.5, 0.6) is 0 Å². The van der Waals surface area contributed by atoms with E-state index in [1.54, 1.807) is 12.1 Å². The lowest BCUT2D eigenvalue weighted by Gasteiger charge is -2.28. The second kappa shape index (κ2) is 4.73. The molecular weight excluding hydrogens is 221 g/mol. The van der Waals surface area contributed by atoms with E-state index in [-0.39, 0.29) is 11.8 Å². The average molecular weight is 237 g/mol. The van der Waals surface area contributed by atoms with Gasteiger partial charge in [-0.05, 0) is 37.1 Å². The molecule has 0 saturated heterocycles. The molecule has 1 fully saturated rings. The Morgan fingerprint density at radius 1 is 1.29 bits per heavy atom. The number of anilines is 1. The third-order valence-electron chi connectivity index (χ3n) is 3.26. The molecular formula is C13H16FNO2. The normalized spacial score (nSPS) is 17.8. The Bertz CT molecular complexity index is 396. The molecule has 0 radical (unpaired) electrons. The lowest BCUT2D eigenvalue weighted by atomic mass is 9.97. The molecule has 0 bridgehead atoms. The van der Waals surface area contributed by atoms with E-state index in [0.717, 1.165) is 31.4 Å². The number of benzene rings is 1. The maximum absolute atomic E-state index is 12.8. The Hall–Kier alpha value is -1.58. The predicted octanol–water partition coefficient (Wildman–Crippen LogP) is 2.72. The Balaban J connectivity index is 2.18. The third-order valence-corrected chi connectivity index (χ3v) is 3.26. The quantitative estimate of drug-likeness (QED) is 0.821. The molecule has 0 heterocycles. The van der Waals surface area contributed by atoms with Crippen molar-refractivity contribution in [2.45, 2.75) is 31.2 Å². The molecule has 3 nitrogen and oxygen atoms in total. The lowest BCUT2D eigenvalue weighted by molar-refractivity contribution is -0.145. The largest absolute Gasteiger partial charge is 0.467 e. The predicted molar refractivity (Wildman–Crippen MR) is 63.2 cm³/mol. The molecule has 0 atom stereocenters. The molecule has 1 aliphatic rings. The van der Waals surface area contributed by atoms with Gasteiger partial charge in [0.05, 0.1) is 7.11 Å². The van der Waals surface area contributed by atoms with Gasteiger partial charge in [0, 0.05) is 5.69 Å². The molecule has 17 heavy (non-hydrogen) atoms. The summed E-state index contributed by atoms with van der Waals surface area (Å²) < 4.78 is 17.7. The molecule has 1 saturated carbocycles. The zero-order chi connectivity index (χ0) is 12.3. The van der Waals surface area contributed by atoms with E-state index < -0.39 is 5.54 Å². The number of nitrogens with one attached hydrogen (secondary N) is 1. The summed E-state index contributed by atoms with van der Waals surface area (Å²) >= 11 is 0. The van der Waals surface area contributed by atoms with Crippen molar-refractivity contribution < 1.29 is 13.9 Å². The van der Waals surface area contributed by atoms with Crippen molar-refractivity contribution in [2.75, 3.05) is 12.4 Å². The fourth-order valence-electron chi connectivity index (χ4n) is 2.36. The van der Waals surface area contributed by atoms with Gasteiger partial charge in [0.15, 0.2) is 0 Å². The minimum Gasteiger partial charge on any atom is -0.467 e. The maximum Gasteiger partial charge on any atom is 0.331 e. The summed E-state index contributed by atoms with van der Waals surface area (Å²) in [7, 11) is 1.40. The molecule has 1 aromatic rings. The van der Waals surface area contributed by atoms with Gasteiger partial charge < -0.3 is 10.1 Å². The molecule has 92 valence electrons. The van der Waals surface area contributed by atoms with Crippen molar-refractivity contribution in [3.63, 3.8) is 0 Å². The highest BCUT2D eigenvalue weighted by atomic mass is 19.1. The number of hydrogen-bond acceptors (Lipinski definition) is 3. The van der Waals surface area contributed by atoms with Gasteiger partial charge in [0.2, 0.25) is 0 Å². The summed E-state index contributed by atoms with van der Waals surface area (Å²) in [4.78, 5) is 11.8. The summed E-state index contributed by atoms with van der Waals surface area (Å²) in [5, 5.41) is 3.19. The van der Waals surface area contributed by atoms with Gasteiger partial charge in [-0.3, -0.25) is 0 Å². The highest BCUT2D eigenvalue weighted by Crippen LogP contribution is 2.34. The zero-order valence-electron chi connectivity index (χ0n) is 9.83. The van der Waals surface area contributed by atoms with Crippen LogP contribution in [0.2, 0.25) is 0 Å². The monoisotopic (exact) mass is 237 g/mol. The van der Waals surface area contributed by atoms with E-state index in [4.69, 9.17) is 4.74 Å². The molecule has 4 heteroatoms. The third kappa shape index (κ3) is 2.40. The maximum atomic E-state index is 12.8. The van der Waals surface area contributed by atoms with Crippen molar-refractivity contribution in [3.8, 4) is 0 Å². The van der Waals surface area contributed by atoms with Crippen LogP contribution in [-0.2, 0) is 9.53 Å². The van der Waals surface area contributed by atoms with E-state index in [2.05, 4.69) is 5.32 Å². The molecule has 0 spiro atoms. The van der Waals surface area contributed by atoms with Crippen LogP contribution in [-0.4, -0.2) is 18.6 Å². The van der Waals surface area contributed by atoms with Gasteiger partial charge >= 0.3 is 5.97 Å². The summed E-state index contributed by atoms with van der Waals surface area (Å²) in [6.45, 7) is 0. The van der Waals surface area contributed by atoms with E-state index in [1.807, 2.05) is 0 Å². The number of esters is 1. The van der Waals surface area contributed by atoms with Gasteiger partial charge in [-0.25, -0.2) is 9.18 Å². The van der Waals surface area contributed by atoms with Crippen LogP contribution in [0.4, 0.5) is 10.1 Å². The number of carbonyl (C=O) groups is 1. The lowest BCUT2D eigenvalue weighted by Crippen LogP contribution is -2.44. The average Bonchev–Trinajstić information content (AvgIpc) is 2.81. The molecule has 1 aliphatic carbocycles. The van der Waals surface area contributed by atoms with Crippen molar-refractivity contribution in [3.05, 3.63) is 30.1 Å². The zero-order valence-corrected chi connectivity index (χ0v) is 9.83. The first-order chi connectivity index (χ1) is 8.16. The standard InChI is InChI=1S/C13H16FNO2/c1-17-12(16)13(8-2-3-9-13)15-11-6-4-10(14)5-7-11/h4-7,15H,2-3,8-9H2,1H3. The first kappa shape index (κ1) is 11.9. The minimum absolute atomic E-state index is 0.237. The highest BCUT2D eigenvalue weighted by Gasteiger charge is 2.42. The van der Waals surface area contributed by atoms with Crippen molar-refractivity contribution in [1.29, 1.82) is 0 Å². The molecule has 0 unspecified atom stereocenters. The first-order valence-electron chi connectivity index (χ1n) is 5.78. The second-order valence-electron chi connectivity index (χ2n) is 4.41. The summed E-state index contributed by atoms with van der Waals surface area (Å²) in [6.07, 6.45) is 3.53. The van der Waals surface area contributed by atoms with Crippen LogP contribution < -0.4 is 5.32 Å². The van der Waals surface area contributed by atoms with Gasteiger partial charge in [0.25, 0.3) is 0 Å². The van der Waals surface area contributed by atoms with E-state index in [1.165, 1.54) is 19.2 Å². The number of hydrogen-bond donors (Lipinski definition) is 1. The van der Waals surface area contributed by atoms with Crippen LogP contribution in [0.3, 0.4) is 0 Å². The van der Waals surface area contributed by atoms with Crippen molar-refractivity contribution in [1.82, 2.24) is 0 Å². The number of carbonyl (C=O) groups excluding carboxylic acids is 1. The van der Waals surface area contributed by atoms with Crippen LogP contribution in [0.25, 0.3) is 0 Å². The molecule has 2 rings (SSSR count). The smallest absolute Gasteiger partial charge is 0.331 e. The molecule has 0 aromatic heterocycles. The fraction of sp³-hybridized carbons (Fsp3) is 0.462. The first-order valence-corrected chi connectivity index (χ1v) is 5.78. The molecule has 0 amide bonds. The topological polar surface area (TPSA) is 38.3 Å². The Morgan fingerprint density at radius 2 is 1.88 bits per heavy atom. The van der Waals surface area contributed by atoms with Gasteiger partial charge in [-0.2, -0.15) is 0 Å². The van der Waals surface area contributed by atoms with Crippen LogP contribution >= 0.6 is 0 Å². The second-order valence-corrected chi connectivity index (χ2v) is 4.41. The summed E-state index contributed by atoms with van der Waals surface area (Å²) in [5.41, 5.74) is 0.116. The molecule has 0 aliphatic heterocycles. The fourth-order valence-corrected chi connectivity index (χ4v) is 2.36.